The van der Waals surface area contributed by atoms with Crippen molar-refractivity contribution < 1.29 is 76.0 Å². The van der Waals surface area contributed by atoms with Gasteiger partial charge < -0.3 is 56.8 Å². The van der Waals surface area contributed by atoms with E-state index < -0.39 is 70.0 Å². The lowest BCUT2D eigenvalue weighted by molar-refractivity contribution is -0.219. The quantitative estimate of drug-likeness (QED) is 0.0782. The average Bonchev–Trinajstić information content (AvgIpc) is 3.80. The minimum absolute atomic E-state index is 0.00633. The van der Waals surface area contributed by atoms with E-state index in [2.05, 4.69) is 0 Å². The van der Waals surface area contributed by atoms with Crippen LogP contribution in [0.2, 0.25) is 0 Å². The Morgan fingerprint density at radius 2 is 0.577 bits per heavy atom. The van der Waals surface area contributed by atoms with Crippen molar-refractivity contribution in [1.82, 2.24) is 0 Å². The second-order valence-electron chi connectivity index (χ2n) is 16.7. The van der Waals surface area contributed by atoms with Crippen molar-refractivity contribution in [1.29, 1.82) is 0 Å². The van der Waals surface area contributed by atoms with Crippen LogP contribution in [0.5, 0.6) is 0 Å². The largest absolute Gasteiger partial charge is 0.457 e. The predicted molar refractivity (Wildman–Crippen MR) is 177 cm³/mol. The first kappa shape index (κ1) is 40.7. The molecule has 4 unspecified atom stereocenters. The Bertz CT molecular complexity index is 1060. The zero-order chi connectivity index (χ0) is 37.9. The number of hydrogen-bond donors (Lipinski definition) is 0. The molecule has 5 aliphatic rings. The van der Waals surface area contributed by atoms with Crippen molar-refractivity contribution in [3.63, 3.8) is 0 Å². The molecule has 16 nitrogen and oxygen atoms in total. The minimum atomic E-state index is -1.46. The molecule has 0 aromatic rings. The van der Waals surface area contributed by atoms with Crippen molar-refractivity contribution in [2.24, 2.45) is 23.7 Å². The normalized spacial score (nSPS) is 29.4. The van der Waals surface area contributed by atoms with E-state index in [1.165, 1.54) is 0 Å². The van der Waals surface area contributed by atoms with E-state index in [9.17, 15) is 19.2 Å². The van der Waals surface area contributed by atoms with Crippen LogP contribution in [0.4, 0.5) is 0 Å². The van der Waals surface area contributed by atoms with Crippen LogP contribution in [0.25, 0.3) is 0 Å². The second kappa shape index (κ2) is 16.5. The van der Waals surface area contributed by atoms with Crippen LogP contribution >= 0.6 is 0 Å². The van der Waals surface area contributed by atoms with Gasteiger partial charge >= 0.3 is 23.9 Å². The molecule has 0 bridgehead atoms. The van der Waals surface area contributed by atoms with E-state index in [0.717, 1.165) is 0 Å². The average molecular weight is 745 g/mol. The van der Waals surface area contributed by atoms with Crippen LogP contribution in [0.1, 0.15) is 55.4 Å². The van der Waals surface area contributed by atoms with Gasteiger partial charge in [-0.15, -0.1) is 0 Å². The van der Waals surface area contributed by atoms with Gasteiger partial charge in [0.25, 0.3) is 0 Å². The first-order chi connectivity index (χ1) is 24.3. The number of rotatable bonds is 24. The SMILES string of the molecule is CC(C)(COCC1CO1)OC(=O)C1C(C(=O)OC(C)(C)COCC2CO2)C(C(=O)OC(C)(C)COCC2CO2)C1C(=O)OC(C)(C)COCC1CO1. The molecule has 4 aliphatic heterocycles. The summed E-state index contributed by atoms with van der Waals surface area (Å²) in [6.07, 6.45) is -0.0253. The van der Waals surface area contributed by atoms with E-state index >= 15 is 0 Å². The topological polar surface area (TPSA) is 192 Å². The molecule has 5 rings (SSSR count). The highest BCUT2D eigenvalue weighted by Gasteiger charge is 2.67. The molecule has 0 aromatic carbocycles. The Hall–Kier alpha value is -2.44. The lowest BCUT2D eigenvalue weighted by Gasteiger charge is -2.48. The summed E-state index contributed by atoms with van der Waals surface area (Å²) >= 11 is 0. The van der Waals surface area contributed by atoms with Gasteiger partial charge in [-0.25, -0.2) is 0 Å². The Morgan fingerprint density at radius 3 is 0.731 bits per heavy atom. The van der Waals surface area contributed by atoms with E-state index in [1.54, 1.807) is 55.4 Å². The van der Waals surface area contributed by atoms with Gasteiger partial charge in [0.05, 0.1) is 103 Å². The number of carbonyl (C=O) groups is 4. The third-order valence-corrected chi connectivity index (χ3v) is 8.77. The smallest absolute Gasteiger partial charge is 0.311 e. The monoisotopic (exact) mass is 744 g/mol. The summed E-state index contributed by atoms with van der Waals surface area (Å²) in [5.41, 5.74) is -4.66. The van der Waals surface area contributed by atoms with E-state index in [-0.39, 0.29) is 50.8 Å². The van der Waals surface area contributed by atoms with Gasteiger partial charge in [0, 0.05) is 0 Å². The first-order valence-electron chi connectivity index (χ1n) is 18.0. The molecule has 1 saturated carbocycles. The lowest BCUT2D eigenvalue weighted by atomic mass is 9.56. The van der Waals surface area contributed by atoms with Gasteiger partial charge in [-0.3, -0.25) is 19.2 Å². The molecule has 4 atom stereocenters. The molecule has 52 heavy (non-hydrogen) atoms. The van der Waals surface area contributed by atoms with Crippen molar-refractivity contribution in [3.8, 4) is 0 Å². The molecule has 0 radical (unpaired) electrons. The highest BCUT2D eigenvalue weighted by Crippen LogP contribution is 2.51. The van der Waals surface area contributed by atoms with Crippen LogP contribution in [-0.2, 0) is 76.0 Å². The molecule has 0 aromatic heterocycles. The molecule has 4 heterocycles. The summed E-state index contributed by atoms with van der Waals surface area (Å²) in [6.45, 7) is 16.9. The third-order valence-electron chi connectivity index (χ3n) is 8.77. The molecular formula is C36H56O16. The van der Waals surface area contributed by atoms with Gasteiger partial charge in [-0.05, 0) is 55.4 Å². The summed E-state index contributed by atoms with van der Waals surface area (Å²) in [5.74, 6) is -9.39. The number of hydrogen-bond acceptors (Lipinski definition) is 16. The van der Waals surface area contributed by atoms with Crippen molar-refractivity contribution in [2.45, 2.75) is 102 Å². The number of carbonyl (C=O) groups excluding carboxylic acids is 4. The van der Waals surface area contributed by atoms with Crippen molar-refractivity contribution in [3.05, 3.63) is 0 Å². The Labute approximate surface area is 304 Å². The van der Waals surface area contributed by atoms with Crippen LogP contribution in [0.15, 0.2) is 0 Å². The summed E-state index contributed by atoms with van der Waals surface area (Å²) in [7, 11) is 0. The van der Waals surface area contributed by atoms with Crippen LogP contribution < -0.4 is 0 Å². The van der Waals surface area contributed by atoms with Gasteiger partial charge in [0.15, 0.2) is 0 Å². The van der Waals surface area contributed by atoms with Gasteiger partial charge in [-0.2, -0.15) is 0 Å². The molecule has 4 saturated heterocycles. The Morgan fingerprint density at radius 1 is 0.404 bits per heavy atom. The number of ether oxygens (including phenoxy) is 12. The molecule has 0 amide bonds. The third kappa shape index (κ3) is 12.9. The molecular weight excluding hydrogens is 688 g/mol. The number of epoxide rings is 4. The van der Waals surface area contributed by atoms with E-state index in [4.69, 9.17) is 56.8 Å². The molecule has 5 fully saturated rings. The second-order valence-corrected chi connectivity index (χ2v) is 16.7. The van der Waals surface area contributed by atoms with Crippen LogP contribution in [-0.4, -0.2) is 150 Å². The lowest BCUT2D eigenvalue weighted by Crippen LogP contribution is -2.63. The highest BCUT2D eigenvalue weighted by atomic mass is 16.6. The fraction of sp³-hybridized carbons (Fsp3) is 0.889. The molecule has 0 spiro atoms. The van der Waals surface area contributed by atoms with E-state index in [0.29, 0.717) is 52.9 Å². The first-order valence-corrected chi connectivity index (χ1v) is 18.0. The fourth-order valence-electron chi connectivity index (χ4n) is 5.80. The van der Waals surface area contributed by atoms with Gasteiger partial charge in [0.2, 0.25) is 0 Å². The summed E-state index contributed by atoms with van der Waals surface area (Å²) < 4.78 is 67.1. The zero-order valence-corrected chi connectivity index (χ0v) is 31.6. The minimum Gasteiger partial charge on any atom is -0.457 e. The standard InChI is InChI=1S/C36H56O16/c1-33(2,17-41-9-21-13-45-21)49-29(37)25-26(30(38)50-34(3,4)18-42-10-22-14-46-22)28(32(40)52-36(7,8)20-44-12-24-16-48-24)27(25)31(39)51-35(5,6)19-43-11-23-15-47-23/h21-28H,9-20H2,1-8H3. The van der Waals surface area contributed by atoms with Crippen molar-refractivity contribution >= 4 is 23.9 Å². The number of esters is 4. The van der Waals surface area contributed by atoms with Gasteiger partial charge in [0.1, 0.15) is 46.8 Å². The Balaban J connectivity index is 1.36. The maximum absolute atomic E-state index is 14.1. The summed E-state index contributed by atoms with van der Waals surface area (Å²) in [4.78, 5) is 56.4. The molecule has 296 valence electrons. The molecule has 0 N–H and O–H groups in total. The maximum Gasteiger partial charge on any atom is 0.311 e. The predicted octanol–water partition coefficient (Wildman–Crippen LogP) is 1.41. The van der Waals surface area contributed by atoms with Gasteiger partial charge in [-0.1, -0.05) is 0 Å². The maximum atomic E-state index is 14.1. The highest BCUT2D eigenvalue weighted by molar-refractivity contribution is 5.98. The summed E-state index contributed by atoms with van der Waals surface area (Å²) in [5, 5.41) is 0. The zero-order valence-electron chi connectivity index (χ0n) is 31.6. The summed E-state index contributed by atoms with van der Waals surface area (Å²) in [6, 6.07) is 0. The fourth-order valence-corrected chi connectivity index (χ4v) is 5.80. The van der Waals surface area contributed by atoms with Crippen LogP contribution in [0, 0.1) is 23.7 Å². The van der Waals surface area contributed by atoms with E-state index in [1.807, 2.05) is 0 Å². The Kier molecular flexibility index (Phi) is 12.9. The molecule has 1 aliphatic carbocycles. The van der Waals surface area contributed by atoms with Crippen LogP contribution in [0.3, 0.4) is 0 Å². The van der Waals surface area contributed by atoms with Crippen molar-refractivity contribution in [2.75, 3.05) is 79.3 Å². The molecule has 16 heteroatoms.